The van der Waals surface area contributed by atoms with Crippen LogP contribution in [0.25, 0.3) is 0 Å². The van der Waals surface area contributed by atoms with E-state index >= 15 is 0 Å². The standard InChI is InChI=1S/C36H29OP2.C5H5.Fe/c37-36(33-25-15-27-35(33)39(30-20-9-3-10-21-30)31-22-11-4-12-23-31)32-24-13-14-26-34(32)38(28-16-5-1-6-17-28)29-18-7-2-8-19-29;1-2-4-5-3-1;/h1-27,36-37H;1-5H;. The minimum Gasteiger partial charge on any atom is -0.388 e. The molecule has 2 saturated carbocycles. The van der Waals surface area contributed by atoms with Crippen molar-refractivity contribution in [3.63, 3.8) is 0 Å². The summed E-state index contributed by atoms with van der Waals surface area (Å²) >= 11 is 0. The molecule has 45 heavy (non-hydrogen) atoms. The molecule has 0 bridgehead atoms. The topological polar surface area (TPSA) is 20.2 Å². The van der Waals surface area contributed by atoms with Crippen LogP contribution >= 0.6 is 15.8 Å². The maximum atomic E-state index is 12.1. The zero-order valence-electron chi connectivity index (χ0n) is 24.7. The van der Waals surface area contributed by atoms with E-state index in [4.69, 9.17) is 0 Å². The fourth-order valence-electron chi connectivity index (χ4n) is 5.43. The van der Waals surface area contributed by atoms with Crippen LogP contribution in [0.15, 0.2) is 146 Å². The largest absolute Gasteiger partial charge is 0.388 e. The molecule has 5 aromatic rings. The van der Waals surface area contributed by atoms with Crippen molar-refractivity contribution >= 4 is 42.4 Å². The number of hydrogen-bond donors (Lipinski definition) is 1. The van der Waals surface area contributed by atoms with Gasteiger partial charge in [0.25, 0.3) is 0 Å². The van der Waals surface area contributed by atoms with Crippen LogP contribution in [0.2, 0.25) is 0 Å². The summed E-state index contributed by atoms with van der Waals surface area (Å²) in [4.78, 5) is 0. The molecule has 1 N–H and O–H groups in total. The molecule has 0 aromatic heterocycles. The molecular formula is C41H34FeOP2. The summed E-state index contributed by atoms with van der Waals surface area (Å²) in [5.74, 6) is 0.984. The van der Waals surface area contributed by atoms with E-state index in [9.17, 15) is 5.11 Å². The van der Waals surface area contributed by atoms with E-state index in [0.717, 1.165) is 11.5 Å². The third-order valence-corrected chi connectivity index (χ3v) is 12.5. The normalized spacial score (nSPS) is 15.8. The minimum absolute atomic E-state index is 0. The second kappa shape index (κ2) is 17.4. The number of hydrogen-bond acceptors (Lipinski definition) is 1. The predicted molar refractivity (Wildman–Crippen MR) is 190 cm³/mol. The fraction of sp³-hybridized carbons (Fsp3) is 0.0244. The molecular weight excluding hydrogens is 626 g/mol. The van der Waals surface area contributed by atoms with Crippen molar-refractivity contribution in [1.82, 2.24) is 0 Å². The van der Waals surface area contributed by atoms with Gasteiger partial charge in [0.05, 0.1) is 6.10 Å². The van der Waals surface area contributed by atoms with Gasteiger partial charge in [0.2, 0.25) is 0 Å². The molecule has 222 valence electrons. The Morgan fingerprint density at radius 2 is 0.778 bits per heavy atom. The average molecular weight is 661 g/mol. The molecule has 0 spiro atoms. The summed E-state index contributed by atoms with van der Waals surface area (Å²) in [7, 11) is -1.66. The Balaban J connectivity index is 0.000000609. The molecule has 2 fully saturated rings. The first kappa shape index (κ1) is 33.8. The van der Waals surface area contributed by atoms with E-state index in [1.165, 1.54) is 32.2 Å². The smallest absolute Gasteiger partial charge is 0.0871 e. The van der Waals surface area contributed by atoms with Crippen LogP contribution in [0, 0.1) is 62.9 Å². The van der Waals surface area contributed by atoms with Crippen LogP contribution in [0.1, 0.15) is 11.7 Å². The van der Waals surface area contributed by atoms with Crippen molar-refractivity contribution in [2.75, 3.05) is 0 Å². The second-order valence-electron chi connectivity index (χ2n) is 10.3. The van der Waals surface area contributed by atoms with Gasteiger partial charge in [-0.25, -0.2) is 0 Å². The van der Waals surface area contributed by atoms with E-state index in [0.29, 0.717) is 0 Å². The van der Waals surface area contributed by atoms with Crippen LogP contribution < -0.4 is 26.5 Å². The van der Waals surface area contributed by atoms with Gasteiger partial charge in [0.15, 0.2) is 0 Å². The SMILES string of the molecule is OC([C]1[CH][CH][CH][C]1P(c1ccccc1)c1ccccc1)c1ccccc1P(c1ccccc1)c1ccccc1.[CH]1[CH][CH][CH][CH]1.[Fe]. The van der Waals surface area contributed by atoms with Crippen molar-refractivity contribution in [3.05, 3.63) is 214 Å². The van der Waals surface area contributed by atoms with Gasteiger partial charge in [-0.15, -0.1) is 0 Å². The molecule has 2 aliphatic carbocycles. The monoisotopic (exact) mass is 660 g/mol. The maximum absolute atomic E-state index is 12.1. The molecule has 2 aliphatic rings. The van der Waals surface area contributed by atoms with E-state index < -0.39 is 21.9 Å². The summed E-state index contributed by atoms with van der Waals surface area (Å²) in [5, 5.41) is 18.4. The van der Waals surface area contributed by atoms with Gasteiger partial charge in [-0.2, -0.15) is 0 Å². The molecule has 1 unspecified atom stereocenters. The third kappa shape index (κ3) is 8.43. The summed E-state index contributed by atoms with van der Waals surface area (Å²) in [6.45, 7) is 0. The summed E-state index contributed by atoms with van der Waals surface area (Å²) in [6, 6.07) is 51.2. The first-order valence-corrected chi connectivity index (χ1v) is 17.5. The molecule has 0 aliphatic heterocycles. The molecule has 7 rings (SSSR count). The van der Waals surface area contributed by atoms with E-state index in [1.807, 2.05) is 38.2 Å². The van der Waals surface area contributed by atoms with Gasteiger partial charge in [-0.05, 0) is 99.3 Å². The van der Waals surface area contributed by atoms with Gasteiger partial charge in [0.1, 0.15) is 0 Å². The van der Waals surface area contributed by atoms with E-state index in [-0.39, 0.29) is 17.1 Å². The minimum atomic E-state index is -0.842. The summed E-state index contributed by atoms with van der Waals surface area (Å²) in [6.07, 6.45) is 15.7. The van der Waals surface area contributed by atoms with Crippen molar-refractivity contribution < 1.29 is 22.2 Å². The van der Waals surface area contributed by atoms with Crippen molar-refractivity contribution in [2.45, 2.75) is 6.10 Å². The number of benzene rings is 5. The van der Waals surface area contributed by atoms with Gasteiger partial charge in [0, 0.05) is 28.6 Å². The Labute approximate surface area is 283 Å². The number of aliphatic hydroxyl groups excluding tert-OH is 1. The van der Waals surface area contributed by atoms with Crippen LogP contribution in [-0.4, -0.2) is 5.11 Å². The molecule has 0 saturated heterocycles. The molecule has 4 heteroatoms. The van der Waals surface area contributed by atoms with Gasteiger partial charge in [-0.3, -0.25) is 0 Å². The summed E-state index contributed by atoms with van der Waals surface area (Å²) in [5.41, 5.74) is 2.17. The zero-order chi connectivity index (χ0) is 30.0. The Morgan fingerprint density at radius 1 is 0.400 bits per heavy atom. The van der Waals surface area contributed by atoms with Crippen molar-refractivity contribution in [3.8, 4) is 0 Å². The fourth-order valence-corrected chi connectivity index (χ4v) is 10.4. The quantitative estimate of drug-likeness (QED) is 0.136. The van der Waals surface area contributed by atoms with E-state index in [1.54, 1.807) is 0 Å². The van der Waals surface area contributed by atoms with Gasteiger partial charge in [-0.1, -0.05) is 146 Å². The van der Waals surface area contributed by atoms with Crippen LogP contribution in [0.5, 0.6) is 0 Å². The molecule has 0 heterocycles. The van der Waals surface area contributed by atoms with Crippen molar-refractivity contribution in [2.24, 2.45) is 0 Å². The van der Waals surface area contributed by atoms with Crippen LogP contribution in [0.3, 0.4) is 0 Å². The third-order valence-electron chi connectivity index (χ3n) is 7.45. The average Bonchev–Trinajstić information content (AvgIpc) is 3.84. The second-order valence-corrected chi connectivity index (χ2v) is 14.7. The Morgan fingerprint density at radius 3 is 1.22 bits per heavy atom. The Bertz CT molecular complexity index is 1460. The first-order valence-electron chi connectivity index (χ1n) is 14.8. The van der Waals surface area contributed by atoms with E-state index in [2.05, 4.69) is 159 Å². The van der Waals surface area contributed by atoms with Gasteiger partial charge < -0.3 is 5.11 Å². The molecule has 0 amide bonds. The summed E-state index contributed by atoms with van der Waals surface area (Å²) < 4.78 is 0. The molecule has 1 atom stereocenters. The van der Waals surface area contributed by atoms with Crippen LogP contribution in [0.4, 0.5) is 0 Å². The maximum Gasteiger partial charge on any atom is 0.0871 e. The molecule has 5 aromatic carbocycles. The number of aliphatic hydroxyl groups is 1. The molecule has 10 radical (unpaired) electrons. The first-order chi connectivity index (χ1) is 21.8. The van der Waals surface area contributed by atoms with Crippen molar-refractivity contribution in [1.29, 1.82) is 0 Å². The Hall–Kier alpha value is -2.56. The number of rotatable bonds is 8. The zero-order valence-corrected chi connectivity index (χ0v) is 27.6. The Kier molecular flexibility index (Phi) is 13.1. The molecule has 1 nitrogen and oxygen atoms in total. The predicted octanol–water partition coefficient (Wildman–Crippen LogP) is 7.36. The van der Waals surface area contributed by atoms with Gasteiger partial charge >= 0.3 is 0 Å². The van der Waals surface area contributed by atoms with Crippen LogP contribution in [-0.2, 0) is 17.1 Å².